The van der Waals surface area contributed by atoms with Crippen molar-refractivity contribution >= 4 is 22.9 Å². The van der Waals surface area contributed by atoms with Gasteiger partial charge < -0.3 is 55.1 Å². The summed E-state index contributed by atoms with van der Waals surface area (Å²) < 4.78 is 21.4. The van der Waals surface area contributed by atoms with Crippen molar-refractivity contribution in [3.8, 4) is 40.1 Å². The van der Waals surface area contributed by atoms with E-state index >= 15 is 0 Å². The molecule has 1 saturated heterocycles. The maximum atomic E-state index is 11.2. The maximum absolute atomic E-state index is 11.2. The quantitative estimate of drug-likeness (QED) is 0.0956. The highest BCUT2D eigenvalue weighted by Crippen LogP contribution is 2.42. The number of phenolic OH excluding ortho intramolecular Hbond substituents is 4. The number of aromatic hydroxyl groups is 4. The van der Waals surface area contributed by atoms with Crippen molar-refractivity contribution in [2.45, 2.75) is 30.7 Å². The molecule has 1 aliphatic rings. The smallest absolute Gasteiger partial charge is 0.417 e. The third-order valence-electron chi connectivity index (χ3n) is 5.52. The van der Waals surface area contributed by atoms with Gasteiger partial charge in [-0.15, -0.1) is 0 Å². The summed E-state index contributed by atoms with van der Waals surface area (Å²) in [5.41, 5.74) is 0.110. The summed E-state index contributed by atoms with van der Waals surface area (Å²) in [5, 5.41) is 79.3. The molecule has 0 bridgehead atoms. The predicted molar refractivity (Wildman–Crippen MR) is 119 cm³/mol. The Balaban J connectivity index is 1.73. The molecule has 0 spiro atoms. The number of rotatable bonds is 5. The summed E-state index contributed by atoms with van der Waals surface area (Å²) in [6.07, 6.45) is -8.81. The molecule has 0 amide bonds. The number of fused-ring (bicyclic) bond motifs is 1. The van der Waals surface area contributed by atoms with Gasteiger partial charge in [-0.3, -0.25) is 0 Å². The molecule has 1 fully saturated rings. The van der Waals surface area contributed by atoms with E-state index in [0.29, 0.717) is 0 Å². The van der Waals surface area contributed by atoms with Gasteiger partial charge >= 0.3 is 23.3 Å². The van der Waals surface area contributed by atoms with Crippen LogP contribution in [0, 0.1) is 0 Å². The molecule has 1 aromatic heterocycles. The van der Waals surface area contributed by atoms with Gasteiger partial charge in [0.1, 0.15) is 47.9 Å². The first-order valence-electron chi connectivity index (χ1n) is 10.6. The van der Waals surface area contributed by atoms with Crippen LogP contribution in [0.2, 0.25) is 0 Å². The van der Waals surface area contributed by atoms with E-state index in [1.807, 2.05) is 0 Å². The zero-order chi connectivity index (χ0) is 27.0. The molecule has 8 N–H and O–H groups in total. The number of carbonyl (C=O) groups excluding carboxylic acids is 1. The van der Waals surface area contributed by atoms with Gasteiger partial charge in [-0.2, -0.15) is 0 Å². The molecule has 14 heteroatoms. The average molecular weight is 521 g/mol. The fraction of sp³-hybridized carbons (Fsp3) is 0.261. The van der Waals surface area contributed by atoms with E-state index in [4.69, 9.17) is 19.0 Å². The third-order valence-corrected chi connectivity index (χ3v) is 5.52. The number of hydrogen-bond donors (Lipinski definition) is 8. The number of carboxylic acid groups (broad SMARTS) is 1. The molecule has 0 saturated carbocycles. The zero-order valence-electron chi connectivity index (χ0n) is 18.6. The second-order valence-electron chi connectivity index (χ2n) is 8.06. The highest BCUT2D eigenvalue weighted by Gasteiger charge is 2.46. The first kappa shape index (κ1) is 25.7. The normalized spacial score (nSPS) is 23.5. The van der Waals surface area contributed by atoms with Crippen molar-refractivity contribution in [1.82, 2.24) is 0 Å². The SMILES string of the molecule is O=C(O)C(=O)OCC1O[C@@H](Oc2cc3c(O)cc(O)cc3[o+]c2-c2ccc(O)c(O)c2)C(O)C(O)[C@@H]1O. The number of carboxylic acids is 1. The van der Waals surface area contributed by atoms with Gasteiger partial charge in [0.25, 0.3) is 0 Å². The minimum Gasteiger partial charge on any atom is -0.507 e. The minimum absolute atomic E-state index is 0.0218. The van der Waals surface area contributed by atoms with E-state index in [9.17, 15) is 45.3 Å². The van der Waals surface area contributed by atoms with E-state index in [2.05, 4.69) is 4.74 Å². The average Bonchev–Trinajstić information content (AvgIpc) is 2.84. The molecule has 4 rings (SSSR count). The summed E-state index contributed by atoms with van der Waals surface area (Å²) in [7, 11) is 0. The highest BCUT2D eigenvalue weighted by molar-refractivity contribution is 6.28. The topological polar surface area (TPSA) is 235 Å². The van der Waals surface area contributed by atoms with E-state index in [0.717, 1.165) is 18.2 Å². The Labute approximate surface area is 206 Å². The molecule has 2 aromatic carbocycles. The maximum Gasteiger partial charge on any atom is 0.417 e. The lowest BCUT2D eigenvalue weighted by Crippen LogP contribution is -2.60. The minimum atomic E-state index is -1.90. The first-order valence-corrected chi connectivity index (χ1v) is 10.6. The number of phenols is 4. The van der Waals surface area contributed by atoms with Gasteiger partial charge in [-0.1, -0.05) is 0 Å². The number of ether oxygens (including phenoxy) is 3. The van der Waals surface area contributed by atoms with Crippen LogP contribution < -0.4 is 4.74 Å². The van der Waals surface area contributed by atoms with Crippen LogP contribution in [0.4, 0.5) is 0 Å². The summed E-state index contributed by atoms with van der Waals surface area (Å²) in [6.45, 7) is -0.809. The molecule has 0 radical (unpaired) electrons. The standard InChI is InChI=1S/C23H20O14/c24-9-4-12(26)10-6-15(20(35-14(10)5-9)8-1-2-11(25)13(27)3-8)36-23-19(30)18(29)17(28)16(37-23)7-34-22(33)21(31)32/h1-6,16-19,23,28-30H,7H2,(H4-,24,25,26,27,31,32)/p+1/t16?,17-,18?,19?,23-/m1/s1. The Morgan fingerprint density at radius 2 is 1.62 bits per heavy atom. The Morgan fingerprint density at radius 1 is 0.892 bits per heavy atom. The van der Waals surface area contributed by atoms with Crippen molar-refractivity contribution in [2.75, 3.05) is 6.61 Å². The summed E-state index contributed by atoms with van der Waals surface area (Å²) in [4.78, 5) is 21.9. The second kappa shape index (κ2) is 9.94. The lowest BCUT2D eigenvalue weighted by molar-refractivity contribution is -0.278. The van der Waals surface area contributed by atoms with Gasteiger partial charge in [0.15, 0.2) is 11.5 Å². The van der Waals surface area contributed by atoms with E-state index in [-0.39, 0.29) is 33.8 Å². The van der Waals surface area contributed by atoms with Crippen LogP contribution in [0.5, 0.6) is 28.7 Å². The van der Waals surface area contributed by atoms with Crippen LogP contribution in [-0.4, -0.2) is 90.1 Å². The van der Waals surface area contributed by atoms with Gasteiger partial charge in [-0.25, -0.2) is 14.0 Å². The first-order chi connectivity index (χ1) is 17.5. The van der Waals surface area contributed by atoms with Crippen LogP contribution in [0.25, 0.3) is 22.3 Å². The lowest BCUT2D eigenvalue weighted by atomic mass is 9.99. The Morgan fingerprint density at radius 3 is 2.30 bits per heavy atom. The fourth-order valence-corrected chi connectivity index (χ4v) is 3.63. The Bertz CT molecular complexity index is 1360. The molecule has 2 heterocycles. The number of aliphatic hydroxyl groups is 3. The predicted octanol–water partition coefficient (Wildman–Crippen LogP) is 0.0175. The van der Waals surface area contributed by atoms with Crippen LogP contribution in [0.3, 0.4) is 0 Å². The molecule has 0 aliphatic carbocycles. The number of esters is 1. The number of hydrogen-bond acceptors (Lipinski definition) is 12. The molecule has 14 nitrogen and oxygen atoms in total. The molecular weight excluding hydrogens is 500 g/mol. The van der Waals surface area contributed by atoms with Crippen LogP contribution in [-0.2, 0) is 19.1 Å². The molecule has 196 valence electrons. The van der Waals surface area contributed by atoms with Crippen molar-refractivity contribution in [2.24, 2.45) is 0 Å². The number of carbonyl (C=O) groups is 2. The van der Waals surface area contributed by atoms with Crippen LogP contribution in [0.1, 0.15) is 0 Å². The molecule has 3 aromatic rings. The molecule has 3 unspecified atom stereocenters. The van der Waals surface area contributed by atoms with Gasteiger partial charge in [-0.05, 0) is 12.1 Å². The number of aliphatic hydroxyl groups excluding tert-OH is 3. The highest BCUT2D eigenvalue weighted by atomic mass is 16.7. The van der Waals surface area contributed by atoms with Gasteiger partial charge in [0.05, 0.1) is 11.6 Å². The van der Waals surface area contributed by atoms with Gasteiger partial charge in [0.2, 0.25) is 12.0 Å². The Kier molecular flexibility index (Phi) is 6.91. The molecule has 37 heavy (non-hydrogen) atoms. The summed E-state index contributed by atoms with van der Waals surface area (Å²) >= 11 is 0. The number of aliphatic carboxylic acids is 1. The van der Waals surface area contributed by atoms with Gasteiger partial charge in [0, 0.05) is 18.2 Å². The summed E-state index contributed by atoms with van der Waals surface area (Å²) in [6, 6.07) is 7.03. The van der Waals surface area contributed by atoms with Crippen LogP contribution >= 0.6 is 0 Å². The van der Waals surface area contributed by atoms with E-state index in [1.165, 1.54) is 18.2 Å². The zero-order valence-corrected chi connectivity index (χ0v) is 18.6. The van der Waals surface area contributed by atoms with Crippen molar-refractivity contribution in [3.63, 3.8) is 0 Å². The van der Waals surface area contributed by atoms with E-state index < -0.39 is 66.5 Å². The second-order valence-corrected chi connectivity index (χ2v) is 8.06. The Hall–Kier alpha value is -4.37. The fourth-order valence-electron chi connectivity index (χ4n) is 3.63. The van der Waals surface area contributed by atoms with Crippen molar-refractivity contribution < 1.29 is 69.1 Å². The summed E-state index contributed by atoms with van der Waals surface area (Å²) in [5.74, 6) is -5.62. The van der Waals surface area contributed by atoms with Crippen molar-refractivity contribution in [3.05, 3.63) is 36.4 Å². The molecular formula is C23H21O14+. The third kappa shape index (κ3) is 5.12. The van der Waals surface area contributed by atoms with Crippen molar-refractivity contribution in [1.29, 1.82) is 0 Å². The van der Waals surface area contributed by atoms with Crippen LogP contribution in [0.15, 0.2) is 40.8 Å². The number of benzene rings is 2. The largest absolute Gasteiger partial charge is 0.507 e. The molecule has 5 atom stereocenters. The van der Waals surface area contributed by atoms with E-state index in [1.54, 1.807) is 0 Å². The monoisotopic (exact) mass is 521 g/mol. The molecule has 1 aliphatic heterocycles. The lowest BCUT2D eigenvalue weighted by Gasteiger charge is -2.39.